The monoisotopic (exact) mass is 417 g/mol. The van der Waals surface area contributed by atoms with E-state index in [1.807, 2.05) is 62.4 Å². The summed E-state index contributed by atoms with van der Waals surface area (Å²) in [6.07, 6.45) is 0. The van der Waals surface area contributed by atoms with E-state index in [2.05, 4.69) is 15.3 Å². The van der Waals surface area contributed by atoms with Crippen molar-refractivity contribution >= 4 is 34.3 Å². The number of hydrogen-bond acceptors (Lipinski definition) is 4. The molecule has 1 aromatic heterocycles. The molecular formula is C24H20FN3OS. The van der Waals surface area contributed by atoms with Gasteiger partial charge in [-0.2, -0.15) is 0 Å². The number of halogens is 1. The number of aryl methyl sites for hydroxylation is 2. The van der Waals surface area contributed by atoms with E-state index in [0.717, 1.165) is 22.4 Å². The van der Waals surface area contributed by atoms with E-state index in [0.29, 0.717) is 21.8 Å². The Morgan fingerprint density at radius 3 is 2.60 bits per heavy atom. The molecule has 0 atom stereocenters. The average molecular weight is 418 g/mol. The van der Waals surface area contributed by atoms with E-state index in [1.54, 1.807) is 6.07 Å². The van der Waals surface area contributed by atoms with E-state index < -0.39 is 0 Å². The lowest BCUT2D eigenvalue weighted by atomic mass is 10.1. The van der Waals surface area contributed by atoms with Crippen LogP contribution >= 0.6 is 11.8 Å². The number of thioether (sulfide) groups is 1. The van der Waals surface area contributed by atoms with Crippen molar-refractivity contribution in [3.8, 4) is 11.4 Å². The predicted molar refractivity (Wildman–Crippen MR) is 120 cm³/mol. The first-order valence-electron chi connectivity index (χ1n) is 9.52. The lowest BCUT2D eigenvalue weighted by molar-refractivity contribution is -0.113. The normalized spacial score (nSPS) is 10.9. The van der Waals surface area contributed by atoms with Gasteiger partial charge in [-0.25, -0.2) is 14.4 Å². The minimum Gasteiger partial charge on any atom is -0.325 e. The lowest BCUT2D eigenvalue weighted by Gasteiger charge is -2.11. The van der Waals surface area contributed by atoms with Gasteiger partial charge in [-0.1, -0.05) is 54.2 Å². The fourth-order valence-electron chi connectivity index (χ4n) is 3.09. The number of carbonyl (C=O) groups excluding carboxylic acids is 1. The molecule has 0 aliphatic heterocycles. The Balaban J connectivity index is 1.61. The van der Waals surface area contributed by atoms with Crippen LogP contribution in [0, 0.1) is 19.7 Å². The number of fused-ring (bicyclic) bond motifs is 1. The van der Waals surface area contributed by atoms with Crippen LogP contribution in [0.1, 0.15) is 11.1 Å². The van der Waals surface area contributed by atoms with Gasteiger partial charge in [0.15, 0.2) is 5.82 Å². The van der Waals surface area contributed by atoms with Gasteiger partial charge in [0.05, 0.1) is 11.3 Å². The molecule has 150 valence electrons. The summed E-state index contributed by atoms with van der Waals surface area (Å²) in [5.74, 6) is 0.204. The molecule has 0 radical (unpaired) electrons. The summed E-state index contributed by atoms with van der Waals surface area (Å²) in [6, 6.07) is 20.0. The number of rotatable bonds is 5. The Morgan fingerprint density at radius 2 is 1.80 bits per heavy atom. The summed E-state index contributed by atoms with van der Waals surface area (Å²) in [5, 5.41) is 4.12. The summed E-state index contributed by atoms with van der Waals surface area (Å²) in [5.41, 5.74) is 4.38. The maximum absolute atomic E-state index is 13.9. The van der Waals surface area contributed by atoms with Crippen molar-refractivity contribution in [2.45, 2.75) is 18.9 Å². The van der Waals surface area contributed by atoms with Crippen molar-refractivity contribution in [1.29, 1.82) is 0 Å². The van der Waals surface area contributed by atoms with Crippen LogP contribution in [0.15, 0.2) is 71.8 Å². The third kappa shape index (κ3) is 4.49. The minimum atomic E-state index is -0.361. The summed E-state index contributed by atoms with van der Waals surface area (Å²) in [6.45, 7) is 3.94. The molecular weight excluding hydrogens is 397 g/mol. The maximum Gasteiger partial charge on any atom is 0.234 e. The van der Waals surface area contributed by atoms with Gasteiger partial charge >= 0.3 is 0 Å². The predicted octanol–water partition coefficient (Wildman–Crippen LogP) is 5.78. The van der Waals surface area contributed by atoms with Crippen LogP contribution in [0.3, 0.4) is 0 Å². The molecule has 3 aromatic carbocycles. The summed E-state index contributed by atoms with van der Waals surface area (Å²) in [7, 11) is 0. The molecule has 4 nitrogen and oxygen atoms in total. The topological polar surface area (TPSA) is 54.9 Å². The summed E-state index contributed by atoms with van der Waals surface area (Å²) in [4.78, 5) is 21.8. The molecule has 0 saturated carbocycles. The van der Waals surface area contributed by atoms with E-state index in [1.165, 1.54) is 23.9 Å². The second kappa shape index (κ2) is 8.63. The summed E-state index contributed by atoms with van der Waals surface area (Å²) >= 11 is 1.28. The second-order valence-corrected chi connectivity index (χ2v) is 8.00. The van der Waals surface area contributed by atoms with Gasteiger partial charge in [0, 0.05) is 16.6 Å². The highest BCUT2D eigenvalue weighted by Crippen LogP contribution is 2.29. The van der Waals surface area contributed by atoms with Crippen LogP contribution in [0.25, 0.3) is 22.3 Å². The van der Waals surface area contributed by atoms with Gasteiger partial charge in [0.1, 0.15) is 10.8 Å². The van der Waals surface area contributed by atoms with Crippen molar-refractivity contribution in [1.82, 2.24) is 9.97 Å². The minimum absolute atomic E-state index is 0.141. The van der Waals surface area contributed by atoms with Crippen LogP contribution in [0.4, 0.5) is 10.1 Å². The number of nitrogens with zero attached hydrogens (tertiary/aromatic N) is 2. The van der Waals surface area contributed by atoms with Crippen LogP contribution < -0.4 is 5.32 Å². The Bertz CT molecular complexity index is 1230. The Morgan fingerprint density at radius 1 is 1.00 bits per heavy atom. The van der Waals surface area contributed by atoms with Crippen molar-refractivity contribution in [3.63, 3.8) is 0 Å². The summed E-state index contributed by atoms with van der Waals surface area (Å²) < 4.78 is 13.9. The van der Waals surface area contributed by atoms with E-state index in [-0.39, 0.29) is 17.5 Å². The van der Waals surface area contributed by atoms with Gasteiger partial charge < -0.3 is 5.32 Å². The number of benzene rings is 3. The molecule has 4 aromatic rings. The quantitative estimate of drug-likeness (QED) is 0.330. The van der Waals surface area contributed by atoms with Crippen molar-refractivity contribution < 1.29 is 9.18 Å². The highest BCUT2D eigenvalue weighted by Gasteiger charge is 2.13. The molecule has 1 N–H and O–H groups in total. The molecule has 6 heteroatoms. The number of aromatic nitrogens is 2. The SMILES string of the molecule is Cc1ccc(C)c(NC(=O)CSc2nc(-c3ccccc3)nc3ccc(F)cc23)c1. The fraction of sp³-hybridized carbons (Fsp3) is 0.125. The zero-order valence-electron chi connectivity index (χ0n) is 16.6. The standard InChI is InChI=1S/C24H20FN3OS/c1-15-8-9-16(2)21(12-15)26-22(29)14-30-24-19-13-18(25)10-11-20(19)27-23(28-24)17-6-4-3-5-7-17/h3-13H,14H2,1-2H3,(H,26,29). The van der Waals surface area contributed by atoms with Crippen molar-refractivity contribution in [3.05, 3.63) is 83.7 Å². The molecule has 0 fully saturated rings. The van der Waals surface area contributed by atoms with E-state index >= 15 is 0 Å². The first-order valence-corrected chi connectivity index (χ1v) is 10.5. The van der Waals surface area contributed by atoms with Gasteiger partial charge in [-0.15, -0.1) is 0 Å². The van der Waals surface area contributed by atoms with Crippen LogP contribution in [-0.2, 0) is 4.79 Å². The van der Waals surface area contributed by atoms with Crippen molar-refractivity contribution in [2.75, 3.05) is 11.1 Å². The number of anilines is 1. The molecule has 0 saturated heterocycles. The Labute approximate surface area is 178 Å². The van der Waals surface area contributed by atoms with E-state index in [9.17, 15) is 9.18 Å². The number of amides is 1. The smallest absolute Gasteiger partial charge is 0.234 e. The van der Waals surface area contributed by atoms with Gasteiger partial charge in [0.25, 0.3) is 0 Å². The molecule has 0 unspecified atom stereocenters. The number of carbonyl (C=O) groups is 1. The van der Waals surface area contributed by atoms with Gasteiger partial charge in [0.2, 0.25) is 5.91 Å². The molecule has 30 heavy (non-hydrogen) atoms. The highest BCUT2D eigenvalue weighted by atomic mass is 32.2. The number of hydrogen-bond donors (Lipinski definition) is 1. The van der Waals surface area contributed by atoms with Crippen LogP contribution in [0.5, 0.6) is 0 Å². The highest BCUT2D eigenvalue weighted by molar-refractivity contribution is 8.00. The first kappa shape index (κ1) is 20.0. The van der Waals surface area contributed by atoms with Crippen molar-refractivity contribution in [2.24, 2.45) is 0 Å². The van der Waals surface area contributed by atoms with Gasteiger partial charge in [-0.3, -0.25) is 4.79 Å². The third-order valence-corrected chi connectivity index (χ3v) is 5.65. The maximum atomic E-state index is 13.9. The first-order chi connectivity index (χ1) is 14.5. The zero-order valence-corrected chi connectivity index (χ0v) is 17.5. The average Bonchev–Trinajstić information content (AvgIpc) is 2.75. The lowest BCUT2D eigenvalue weighted by Crippen LogP contribution is -2.15. The van der Waals surface area contributed by atoms with Gasteiger partial charge in [-0.05, 0) is 49.2 Å². The fourth-order valence-corrected chi connectivity index (χ4v) is 3.90. The molecule has 0 aliphatic carbocycles. The molecule has 4 rings (SSSR count). The number of nitrogens with one attached hydrogen (secondary N) is 1. The van der Waals surface area contributed by atoms with E-state index in [4.69, 9.17) is 0 Å². The molecule has 1 amide bonds. The molecule has 0 aliphatic rings. The Hall–Kier alpha value is -3.25. The molecule has 0 spiro atoms. The third-order valence-electron chi connectivity index (χ3n) is 4.66. The second-order valence-electron chi connectivity index (χ2n) is 7.04. The molecule has 1 heterocycles. The largest absolute Gasteiger partial charge is 0.325 e. The van der Waals surface area contributed by atoms with Crippen LogP contribution in [0.2, 0.25) is 0 Å². The molecule has 0 bridgehead atoms. The van der Waals surface area contributed by atoms with Crippen LogP contribution in [-0.4, -0.2) is 21.6 Å². The Kier molecular flexibility index (Phi) is 5.77. The zero-order chi connectivity index (χ0) is 21.1.